The first-order valence-corrected chi connectivity index (χ1v) is 6.81. The van der Waals surface area contributed by atoms with E-state index in [1.165, 1.54) is 6.42 Å². The molecule has 2 aliphatic carbocycles. The molecule has 2 aliphatic rings. The van der Waals surface area contributed by atoms with Gasteiger partial charge in [0.25, 0.3) is 0 Å². The quantitative estimate of drug-likeness (QED) is 0.745. The molecular weight excluding hydrogens is 227 g/mol. The van der Waals surface area contributed by atoms with Crippen LogP contribution in [0.4, 0.5) is 13.2 Å². The lowest BCUT2D eigenvalue weighted by molar-refractivity contribution is -0.168. The predicted molar refractivity (Wildman–Crippen MR) is 61.8 cm³/mol. The summed E-state index contributed by atoms with van der Waals surface area (Å²) in [6.45, 7) is 2.18. The van der Waals surface area contributed by atoms with Crippen LogP contribution in [0.2, 0.25) is 0 Å². The number of hydrogen-bond donors (Lipinski definition) is 1. The Kier molecular flexibility index (Phi) is 3.71. The highest BCUT2D eigenvalue weighted by molar-refractivity contribution is 5.09. The van der Waals surface area contributed by atoms with Crippen LogP contribution in [0.25, 0.3) is 0 Å². The van der Waals surface area contributed by atoms with Crippen LogP contribution >= 0.6 is 0 Å². The molecule has 0 bridgehead atoms. The summed E-state index contributed by atoms with van der Waals surface area (Å²) in [6.07, 6.45) is 2.81. The van der Waals surface area contributed by atoms with Crippen molar-refractivity contribution in [2.45, 2.75) is 76.0 Å². The van der Waals surface area contributed by atoms with Crippen molar-refractivity contribution in [3.63, 3.8) is 0 Å². The molecule has 2 unspecified atom stereocenters. The van der Waals surface area contributed by atoms with E-state index in [1.54, 1.807) is 0 Å². The first kappa shape index (κ1) is 13.2. The van der Waals surface area contributed by atoms with E-state index in [4.69, 9.17) is 0 Å². The predicted octanol–water partition coefficient (Wildman–Crippen LogP) is 4.03. The Bertz CT molecular complexity index is 258. The molecule has 17 heavy (non-hydrogen) atoms. The Labute approximate surface area is 101 Å². The lowest BCUT2D eigenvalue weighted by Crippen LogP contribution is -2.49. The van der Waals surface area contributed by atoms with Gasteiger partial charge in [-0.05, 0) is 38.0 Å². The second-order valence-electron chi connectivity index (χ2n) is 5.70. The molecule has 4 heteroatoms. The molecule has 0 spiro atoms. The van der Waals surface area contributed by atoms with Crippen LogP contribution in [0.1, 0.15) is 58.3 Å². The summed E-state index contributed by atoms with van der Waals surface area (Å²) in [5.74, 6) is 0.725. The van der Waals surface area contributed by atoms with Gasteiger partial charge in [-0.1, -0.05) is 26.2 Å². The number of halogens is 3. The third kappa shape index (κ3) is 2.95. The van der Waals surface area contributed by atoms with E-state index in [0.717, 1.165) is 38.0 Å². The van der Waals surface area contributed by atoms with Crippen molar-refractivity contribution >= 4 is 0 Å². The van der Waals surface area contributed by atoms with Gasteiger partial charge in [0.2, 0.25) is 0 Å². The Morgan fingerprint density at radius 2 is 1.82 bits per heavy atom. The Balaban J connectivity index is 1.87. The summed E-state index contributed by atoms with van der Waals surface area (Å²) in [5, 5.41) is 2.91. The fraction of sp³-hybridized carbons (Fsp3) is 1.00. The molecular formula is C13H22F3N. The summed E-state index contributed by atoms with van der Waals surface area (Å²) in [4.78, 5) is 0. The van der Waals surface area contributed by atoms with Crippen molar-refractivity contribution in [1.82, 2.24) is 5.32 Å². The average Bonchev–Trinajstić information content (AvgIpc) is 3.03. The van der Waals surface area contributed by atoms with Crippen LogP contribution in [0.15, 0.2) is 0 Å². The monoisotopic (exact) mass is 249 g/mol. The van der Waals surface area contributed by atoms with Gasteiger partial charge in [0.15, 0.2) is 0 Å². The molecule has 0 aromatic rings. The normalized spacial score (nSPS) is 33.2. The maximum atomic E-state index is 12.8. The van der Waals surface area contributed by atoms with Gasteiger partial charge in [-0.15, -0.1) is 0 Å². The van der Waals surface area contributed by atoms with Crippen molar-refractivity contribution < 1.29 is 13.2 Å². The molecule has 0 aromatic heterocycles. The minimum absolute atomic E-state index is 0.0793. The highest BCUT2D eigenvalue weighted by Crippen LogP contribution is 2.49. The fourth-order valence-corrected chi connectivity index (χ4v) is 2.96. The fourth-order valence-electron chi connectivity index (χ4n) is 2.96. The zero-order valence-electron chi connectivity index (χ0n) is 10.4. The van der Waals surface area contributed by atoms with Crippen LogP contribution in [0.3, 0.4) is 0 Å². The van der Waals surface area contributed by atoms with Crippen LogP contribution in [0, 0.1) is 5.92 Å². The first-order valence-electron chi connectivity index (χ1n) is 6.81. The van der Waals surface area contributed by atoms with Crippen LogP contribution in [0.5, 0.6) is 0 Å². The molecule has 2 rings (SSSR count). The molecule has 2 atom stereocenters. The molecule has 1 N–H and O–H groups in total. The summed E-state index contributed by atoms with van der Waals surface area (Å²) >= 11 is 0. The van der Waals surface area contributed by atoms with Gasteiger partial charge < -0.3 is 5.32 Å². The molecule has 100 valence electrons. The van der Waals surface area contributed by atoms with E-state index in [0.29, 0.717) is 0 Å². The smallest absolute Gasteiger partial charge is 0.301 e. The second kappa shape index (κ2) is 4.79. The molecule has 0 amide bonds. The largest absolute Gasteiger partial charge is 0.406 e. The van der Waals surface area contributed by atoms with Gasteiger partial charge in [0, 0.05) is 6.04 Å². The maximum absolute atomic E-state index is 12.8. The van der Waals surface area contributed by atoms with Crippen molar-refractivity contribution in [2.75, 3.05) is 0 Å². The number of hydrogen-bond acceptors (Lipinski definition) is 1. The standard InChI is InChI=1S/C13H22F3N/c1-2-10-4-3-5-11(7-6-10)17-12(8-9-12)13(14,15)16/h10-11,17H,2-9H2,1H3. The second-order valence-corrected chi connectivity index (χ2v) is 5.70. The van der Waals surface area contributed by atoms with Crippen LogP contribution in [-0.2, 0) is 0 Å². The highest BCUT2D eigenvalue weighted by atomic mass is 19.4. The summed E-state index contributed by atoms with van der Waals surface area (Å²) in [5.41, 5.74) is -1.52. The van der Waals surface area contributed by atoms with Crippen molar-refractivity contribution in [3.8, 4) is 0 Å². The van der Waals surface area contributed by atoms with E-state index < -0.39 is 11.7 Å². The molecule has 0 heterocycles. The van der Waals surface area contributed by atoms with Gasteiger partial charge in [-0.2, -0.15) is 13.2 Å². The zero-order chi connectivity index (χ0) is 12.5. The minimum Gasteiger partial charge on any atom is -0.301 e. The van der Waals surface area contributed by atoms with E-state index in [9.17, 15) is 13.2 Å². The van der Waals surface area contributed by atoms with E-state index in [2.05, 4.69) is 12.2 Å². The summed E-state index contributed by atoms with van der Waals surface area (Å²) in [6, 6.07) is 0.0793. The van der Waals surface area contributed by atoms with Crippen molar-refractivity contribution in [1.29, 1.82) is 0 Å². The van der Waals surface area contributed by atoms with Crippen LogP contribution < -0.4 is 5.32 Å². The maximum Gasteiger partial charge on any atom is 0.406 e. The van der Waals surface area contributed by atoms with E-state index in [1.807, 2.05) is 0 Å². The van der Waals surface area contributed by atoms with Crippen molar-refractivity contribution in [2.24, 2.45) is 5.92 Å². The Morgan fingerprint density at radius 3 is 2.35 bits per heavy atom. The van der Waals surface area contributed by atoms with Crippen LogP contribution in [-0.4, -0.2) is 17.8 Å². The van der Waals surface area contributed by atoms with Gasteiger partial charge in [-0.25, -0.2) is 0 Å². The number of alkyl halides is 3. The Morgan fingerprint density at radius 1 is 1.12 bits per heavy atom. The lowest BCUT2D eigenvalue weighted by Gasteiger charge is -2.26. The minimum atomic E-state index is -4.07. The number of nitrogens with one attached hydrogen (secondary N) is 1. The topological polar surface area (TPSA) is 12.0 Å². The van der Waals surface area contributed by atoms with Gasteiger partial charge in [-0.3, -0.25) is 0 Å². The Hall–Kier alpha value is -0.250. The molecule has 2 fully saturated rings. The first-order chi connectivity index (χ1) is 7.97. The van der Waals surface area contributed by atoms with Gasteiger partial charge in [0.1, 0.15) is 5.54 Å². The third-order valence-electron chi connectivity index (χ3n) is 4.44. The molecule has 2 saturated carbocycles. The summed E-state index contributed by atoms with van der Waals surface area (Å²) < 4.78 is 38.5. The zero-order valence-corrected chi connectivity index (χ0v) is 10.4. The van der Waals surface area contributed by atoms with E-state index >= 15 is 0 Å². The SMILES string of the molecule is CCC1CCCC(NC2(C(F)(F)F)CC2)CC1. The average molecular weight is 249 g/mol. The molecule has 0 aliphatic heterocycles. The molecule has 0 radical (unpaired) electrons. The number of rotatable bonds is 3. The van der Waals surface area contributed by atoms with Gasteiger partial charge >= 0.3 is 6.18 Å². The van der Waals surface area contributed by atoms with Crippen molar-refractivity contribution in [3.05, 3.63) is 0 Å². The molecule has 1 nitrogen and oxygen atoms in total. The molecule has 0 saturated heterocycles. The van der Waals surface area contributed by atoms with Gasteiger partial charge in [0.05, 0.1) is 0 Å². The molecule has 0 aromatic carbocycles. The third-order valence-corrected chi connectivity index (χ3v) is 4.44. The lowest BCUT2D eigenvalue weighted by atomic mass is 9.97. The van der Waals surface area contributed by atoms with E-state index in [-0.39, 0.29) is 18.9 Å². The summed E-state index contributed by atoms with van der Waals surface area (Å²) in [7, 11) is 0. The highest BCUT2D eigenvalue weighted by Gasteiger charge is 2.63.